The van der Waals surface area contributed by atoms with Crippen LogP contribution in [0.15, 0.2) is 70.3 Å². The number of aromatic nitrogens is 3. The molecule has 4 aromatic rings. The molecule has 0 atom stereocenters. The van der Waals surface area contributed by atoms with E-state index in [1.54, 1.807) is 24.3 Å². The first-order chi connectivity index (χ1) is 13.6. The molecule has 2 aromatic heterocycles. The van der Waals surface area contributed by atoms with E-state index in [2.05, 4.69) is 9.97 Å². The van der Waals surface area contributed by atoms with Crippen molar-refractivity contribution in [2.75, 3.05) is 7.11 Å². The molecule has 0 aliphatic heterocycles. The largest absolute Gasteiger partial charge is 0.507 e. The number of nitrogens with one attached hydrogen (secondary N) is 1. The second-order valence-electron chi connectivity index (χ2n) is 6.28. The Morgan fingerprint density at radius 2 is 1.86 bits per heavy atom. The lowest BCUT2D eigenvalue weighted by atomic mass is 10.1. The molecule has 0 amide bonds. The van der Waals surface area contributed by atoms with Crippen LogP contribution in [0.5, 0.6) is 11.5 Å². The third-order valence-electron chi connectivity index (χ3n) is 4.50. The van der Waals surface area contributed by atoms with E-state index in [1.165, 1.54) is 17.7 Å². The van der Waals surface area contributed by atoms with Crippen LogP contribution in [0.3, 0.4) is 0 Å². The van der Waals surface area contributed by atoms with Crippen molar-refractivity contribution in [2.24, 2.45) is 0 Å². The fourth-order valence-corrected chi connectivity index (χ4v) is 3.07. The fourth-order valence-electron chi connectivity index (χ4n) is 3.07. The Balaban J connectivity index is 1.94. The summed E-state index contributed by atoms with van der Waals surface area (Å²) in [5.74, 6) is 0.580. The predicted octanol–water partition coefficient (Wildman–Crippen LogP) is 2.51. The molecule has 0 aliphatic rings. The van der Waals surface area contributed by atoms with Crippen LogP contribution in [0, 0.1) is 0 Å². The number of phenols is 1. The number of hydrogen-bond donors (Lipinski definition) is 2. The number of ether oxygens (including phenoxy) is 1. The molecule has 7 nitrogen and oxygen atoms in total. The van der Waals surface area contributed by atoms with E-state index < -0.39 is 11.2 Å². The van der Waals surface area contributed by atoms with E-state index in [1.807, 2.05) is 30.3 Å². The molecule has 0 spiro atoms. The van der Waals surface area contributed by atoms with Gasteiger partial charge in [0.2, 0.25) is 0 Å². The number of H-pyrrole nitrogens is 1. The maximum Gasteiger partial charge on any atom is 0.330 e. The third-order valence-corrected chi connectivity index (χ3v) is 4.50. The maximum absolute atomic E-state index is 12.5. The highest BCUT2D eigenvalue weighted by molar-refractivity contribution is 5.79. The van der Waals surface area contributed by atoms with Gasteiger partial charge in [0, 0.05) is 5.56 Å². The van der Waals surface area contributed by atoms with Gasteiger partial charge < -0.3 is 9.84 Å². The molecule has 0 bridgehead atoms. The molecule has 0 unspecified atom stereocenters. The number of aromatic amines is 1. The van der Waals surface area contributed by atoms with E-state index >= 15 is 0 Å². The third kappa shape index (κ3) is 3.14. The Morgan fingerprint density at radius 3 is 2.61 bits per heavy atom. The molecule has 140 valence electrons. The summed E-state index contributed by atoms with van der Waals surface area (Å²) in [6.07, 6.45) is 0. The van der Waals surface area contributed by atoms with Gasteiger partial charge in [-0.15, -0.1) is 0 Å². The zero-order valence-corrected chi connectivity index (χ0v) is 15.0. The second kappa shape index (κ2) is 7.03. The van der Waals surface area contributed by atoms with Gasteiger partial charge in [0.25, 0.3) is 5.56 Å². The lowest BCUT2D eigenvalue weighted by Crippen LogP contribution is -2.31. The SMILES string of the molecule is COc1ccc(O)c(-c2ccc3c(=O)[nH]c(=O)n(Cc4ccccc4)c3n2)c1. The average Bonchev–Trinajstić information content (AvgIpc) is 2.72. The van der Waals surface area contributed by atoms with Gasteiger partial charge in [0.1, 0.15) is 11.5 Å². The van der Waals surface area contributed by atoms with Gasteiger partial charge in [0.05, 0.1) is 24.7 Å². The zero-order chi connectivity index (χ0) is 19.7. The number of rotatable bonds is 4. The van der Waals surface area contributed by atoms with Crippen LogP contribution in [-0.4, -0.2) is 26.8 Å². The first kappa shape index (κ1) is 17.5. The Kier molecular flexibility index (Phi) is 4.41. The normalized spacial score (nSPS) is 10.9. The average molecular weight is 375 g/mol. The van der Waals surface area contributed by atoms with Gasteiger partial charge in [0.15, 0.2) is 5.65 Å². The van der Waals surface area contributed by atoms with Crippen molar-refractivity contribution in [3.8, 4) is 22.8 Å². The van der Waals surface area contributed by atoms with E-state index in [4.69, 9.17) is 4.74 Å². The number of fused-ring (bicyclic) bond motifs is 1. The molecule has 2 aromatic carbocycles. The van der Waals surface area contributed by atoms with Crippen LogP contribution in [0.4, 0.5) is 0 Å². The van der Waals surface area contributed by atoms with Gasteiger partial charge >= 0.3 is 5.69 Å². The summed E-state index contributed by atoms with van der Waals surface area (Å²) in [4.78, 5) is 31.6. The molecule has 7 heteroatoms. The highest BCUT2D eigenvalue weighted by atomic mass is 16.5. The quantitative estimate of drug-likeness (QED) is 0.571. The molecule has 2 heterocycles. The van der Waals surface area contributed by atoms with Gasteiger partial charge in [-0.2, -0.15) is 0 Å². The molecule has 0 radical (unpaired) electrons. The predicted molar refractivity (Wildman–Crippen MR) is 106 cm³/mol. The number of hydrogen-bond acceptors (Lipinski definition) is 5. The van der Waals surface area contributed by atoms with Crippen LogP contribution >= 0.6 is 0 Å². The monoisotopic (exact) mass is 375 g/mol. The molecule has 0 fully saturated rings. The van der Waals surface area contributed by atoms with Crippen molar-refractivity contribution in [3.63, 3.8) is 0 Å². The van der Waals surface area contributed by atoms with Gasteiger partial charge in [-0.05, 0) is 35.9 Å². The molecular weight excluding hydrogens is 358 g/mol. The minimum absolute atomic E-state index is 0.0226. The van der Waals surface area contributed by atoms with Crippen molar-refractivity contribution in [1.29, 1.82) is 0 Å². The Labute approximate surface area is 159 Å². The fraction of sp³-hybridized carbons (Fsp3) is 0.0952. The van der Waals surface area contributed by atoms with Crippen molar-refractivity contribution in [2.45, 2.75) is 6.54 Å². The molecule has 0 aliphatic carbocycles. The number of aromatic hydroxyl groups is 1. The number of pyridine rings is 1. The van der Waals surface area contributed by atoms with E-state index in [-0.39, 0.29) is 17.9 Å². The van der Waals surface area contributed by atoms with Gasteiger partial charge in [-0.1, -0.05) is 30.3 Å². The molecule has 4 rings (SSSR count). The lowest BCUT2D eigenvalue weighted by molar-refractivity contribution is 0.412. The smallest absolute Gasteiger partial charge is 0.330 e. The minimum atomic E-state index is -0.541. The first-order valence-electron chi connectivity index (χ1n) is 8.62. The summed E-state index contributed by atoms with van der Waals surface area (Å²) >= 11 is 0. The van der Waals surface area contributed by atoms with Crippen LogP contribution in [0.1, 0.15) is 5.56 Å². The van der Waals surface area contributed by atoms with Crippen LogP contribution in [0.25, 0.3) is 22.3 Å². The minimum Gasteiger partial charge on any atom is -0.507 e. The zero-order valence-electron chi connectivity index (χ0n) is 15.0. The van der Waals surface area contributed by atoms with Crippen molar-refractivity contribution in [1.82, 2.24) is 14.5 Å². The Morgan fingerprint density at radius 1 is 1.07 bits per heavy atom. The highest BCUT2D eigenvalue weighted by Crippen LogP contribution is 2.32. The summed E-state index contributed by atoms with van der Waals surface area (Å²) in [6.45, 7) is 0.257. The topological polar surface area (TPSA) is 97.2 Å². The van der Waals surface area contributed by atoms with Crippen LogP contribution < -0.4 is 16.0 Å². The van der Waals surface area contributed by atoms with Crippen molar-refractivity contribution in [3.05, 3.63) is 87.1 Å². The number of nitrogens with zero attached hydrogens (tertiary/aromatic N) is 2. The lowest BCUT2D eigenvalue weighted by Gasteiger charge is -2.11. The van der Waals surface area contributed by atoms with E-state index in [0.717, 1.165) is 5.56 Å². The van der Waals surface area contributed by atoms with E-state index in [9.17, 15) is 14.7 Å². The molecule has 0 saturated carbocycles. The first-order valence-corrected chi connectivity index (χ1v) is 8.62. The van der Waals surface area contributed by atoms with Crippen molar-refractivity contribution < 1.29 is 9.84 Å². The Bertz CT molecular complexity index is 1280. The molecule has 28 heavy (non-hydrogen) atoms. The van der Waals surface area contributed by atoms with E-state index in [0.29, 0.717) is 22.4 Å². The molecule has 0 saturated heterocycles. The van der Waals surface area contributed by atoms with Crippen molar-refractivity contribution >= 4 is 11.0 Å². The van der Waals surface area contributed by atoms with Gasteiger partial charge in [-0.3, -0.25) is 14.3 Å². The summed E-state index contributed by atoms with van der Waals surface area (Å²) in [6, 6.07) is 17.4. The van der Waals surface area contributed by atoms with Gasteiger partial charge in [-0.25, -0.2) is 9.78 Å². The highest BCUT2D eigenvalue weighted by Gasteiger charge is 2.13. The number of methoxy groups -OCH3 is 1. The van der Waals surface area contributed by atoms with Crippen LogP contribution in [-0.2, 0) is 6.54 Å². The second-order valence-corrected chi connectivity index (χ2v) is 6.28. The Hall–Kier alpha value is -3.87. The molecular formula is C21H17N3O4. The summed E-state index contributed by atoms with van der Waals surface area (Å²) < 4.78 is 6.62. The molecule has 2 N–H and O–H groups in total. The maximum atomic E-state index is 12.5. The number of benzene rings is 2. The summed E-state index contributed by atoms with van der Waals surface area (Å²) in [7, 11) is 1.53. The summed E-state index contributed by atoms with van der Waals surface area (Å²) in [5.41, 5.74) is 0.974. The standard InChI is InChI=1S/C21H17N3O4/c1-28-14-7-10-18(25)16(11-14)17-9-8-15-19(22-17)24(21(27)23-20(15)26)12-13-5-3-2-4-6-13/h2-11,25H,12H2,1H3,(H,23,26,27). The summed E-state index contributed by atoms with van der Waals surface area (Å²) in [5, 5.41) is 10.5. The number of phenolic OH excluding ortho intramolecular Hbond substituents is 1. The van der Waals surface area contributed by atoms with Crippen LogP contribution in [0.2, 0.25) is 0 Å².